The molecular formula is C7H17N2O. The van der Waals surface area contributed by atoms with Gasteiger partial charge < -0.3 is 4.74 Å². The van der Waals surface area contributed by atoms with Crippen LogP contribution in [-0.4, -0.2) is 25.4 Å². The van der Waals surface area contributed by atoms with Gasteiger partial charge in [-0.05, 0) is 20.8 Å². The minimum atomic E-state index is -0.139. The summed E-state index contributed by atoms with van der Waals surface area (Å²) in [5.74, 6) is 0. The molecule has 0 heterocycles. The molecule has 1 radical (unpaired) electrons. The summed E-state index contributed by atoms with van der Waals surface area (Å²) in [6.45, 7) is 6.41. The Balaban J connectivity index is 3.63. The lowest BCUT2D eigenvalue weighted by molar-refractivity contribution is 0.0578. The molecule has 2 N–H and O–H groups in total. The van der Waals surface area contributed by atoms with E-state index in [1.54, 1.807) is 7.11 Å². The Bertz CT molecular complexity index is 84.1. The summed E-state index contributed by atoms with van der Waals surface area (Å²) >= 11 is 0. The lowest BCUT2D eigenvalue weighted by Crippen LogP contribution is -2.46. The molecule has 0 aromatic rings. The van der Waals surface area contributed by atoms with Crippen molar-refractivity contribution in [1.82, 2.24) is 11.1 Å². The van der Waals surface area contributed by atoms with Crippen LogP contribution in [0.5, 0.6) is 0 Å². The van der Waals surface area contributed by atoms with E-state index in [0.29, 0.717) is 0 Å². The Morgan fingerprint density at radius 1 is 1.50 bits per heavy atom. The van der Waals surface area contributed by atoms with E-state index in [4.69, 9.17) is 10.5 Å². The molecule has 0 aliphatic carbocycles. The summed E-state index contributed by atoms with van der Waals surface area (Å²) in [4.78, 5) is 0. The number of ether oxygens (including phenoxy) is 1. The minimum absolute atomic E-state index is 0.0295. The van der Waals surface area contributed by atoms with Crippen molar-refractivity contribution in [2.24, 2.45) is 0 Å². The average molecular weight is 145 g/mol. The maximum atomic E-state index is 7.05. The third-order valence-corrected chi connectivity index (χ3v) is 1.06. The monoisotopic (exact) mass is 145 g/mol. The van der Waals surface area contributed by atoms with E-state index in [1.807, 2.05) is 0 Å². The Morgan fingerprint density at radius 2 is 2.00 bits per heavy atom. The van der Waals surface area contributed by atoms with E-state index < -0.39 is 0 Å². The predicted octanol–water partition coefficient (Wildman–Crippen LogP) is 0.630. The lowest BCUT2D eigenvalue weighted by atomic mass is 10.1. The second-order valence-electron chi connectivity index (χ2n) is 3.32. The smallest absolute Gasteiger partial charge is 0.122 e. The first-order valence-corrected chi connectivity index (χ1v) is 3.44. The maximum absolute atomic E-state index is 7.05. The van der Waals surface area contributed by atoms with Crippen LogP contribution in [0.4, 0.5) is 0 Å². The summed E-state index contributed by atoms with van der Waals surface area (Å²) in [6.07, 6.45) is -0.139. The molecule has 0 aromatic heterocycles. The zero-order valence-electron chi connectivity index (χ0n) is 7.19. The number of hydrogen-bond acceptors (Lipinski definition) is 2. The Hall–Kier alpha value is -0.120. The molecule has 61 valence electrons. The molecule has 0 rings (SSSR count). The van der Waals surface area contributed by atoms with Crippen LogP contribution in [0.15, 0.2) is 0 Å². The topological polar surface area (TPSA) is 45.1 Å². The van der Waals surface area contributed by atoms with Crippen molar-refractivity contribution >= 4 is 0 Å². The van der Waals surface area contributed by atoms with Crippen molar-refractivity contribution in [1.29, 1.82) is 0 Å². The number of hydrogen-bond donors (Lipinski definition) is 1. The van der Waals surface area contributed by atoms with Gasteiger partial charge in [0.2, 0.25) is 0 Å². The highest BCUT2D eigenvalue weighted by molar-refractivity contribution is 4.72. The normalized spacial score (nSPS) is 15.3. The summed E-state index contributed by atoms with van der Waals surface area (Å²) in [5.41, 5.74) is 7.08. The van der Waals surface area contributed by atoms with Gasteiger partial charge in [0.1, 0.15) is 6.23 Å². The fourth-order valence-corrected chi connectivity index (χ4v) is 0.676. The van der Waals surface area contributed by atoms with Crippen molar-refractivity contribution in [3.8, 4) is 0 Å². The van der Waals surface area contributed by atoms with Crippen LogP contribution in [0.25, 0.3) is 0 Å². The van der Waals surface area contributed by atoms with Crippen LogP contribution in [0, 0.1) is 0 Å². The van der Waals surface area contributed by atoms with Gasteiger partial charge in [0.15, 0.2) is 0 Å². The molecule has 0 fully saturated rings. The van der Waals surface area contributed by atoms with Crippen molar-refractivity contribution in [3.05, 3.63) is 0 Å². The molecule has 3 nitrogen and oxygen atoms in total. The van der Waals surface area contributed by atoms with E-state index in [2.05, 4.69) is 26.1 Å². The van der Waals surface area contributed by atoms with E-state index in [0.717, 1.165) is 0 Å². The Labute approximate surface area is 62.9 Å². The van der Waals surface area contributed by atoms with Crippen molar-refractivity contribution in [2.45, 2.75) is 32.5 Å². The molecule has 3 heteroatoms. The van der Waals surface area contributed by atoms with Gasteiger partial charge in [-0.25, -0.2) is 0 Å². The second kappa shape index (κ2) is 3.91. The largest absolute Gasteiger partial charge is 0.365 e. The standard InChI is InChI=1S/C7H17N2O/c1-7(2,3)9-6(5-8)10-4/h6,8-9H,5H2,1-4H3. The summed E-state index contributed by atoms with van der Waals surface area (Å²) in [6, 6.07) is 0. The van der Waals surface area contributed by atoms with Gasteiger partial charge in [-0.15, -0.1) is 0 Å². The highest BCUT2D eigenvalue weighted by Crippen LogP contribution is 2.00. The second-order valence-corrected chi connectivity index (χ2v) is 3.32. The molecule has 0 bridgehead atoms. The quantitative estimate of drug-likeness (QED) is 0.592. The third-order valence-electron chi connectivity index (χ3n) is 1.06. The van der Waals surface area contributed by atoms with E-state index in [-0.39, 0.29) is 18.3 Å². The van der Waals surface area contributed by atoms with Gasteiger partial charge in [0, 0.05) is 19.2 Å². The van der Waals surface area contributed by atoms with Gasteiger partial charge in [0.05, 0.1) is 0 Å². The Kier molecular flexibility index (Phi) is 3.86. The van der Waals surface area contributed by atoms with Gasteiger partial charge in [-0.2, -0.15) is 0 Å². The molecule has 0 saturated carbocycles. The van der Waals surface area contributed by atoms with Gasteiger partial charge >= 0.3 is 0 Å². The number of rotatable bonds is 3. The average Bonchev–Trinajstić information content (AvgIpc) is 1.81. The van der Waals surface area contributed by atoms with Crippen LogP contribution in [0.2, 0.25) is 0 Å². The van der Waals surface area contributed by atoms with E-state index in [1.165, 1.54) is 0 Å². The molecule has 0 aromatic carbocycles. The first-order chi connectivity index (χ1) is 4.49. The maximum Gasteiger partial charge on any atom is 0.122 e. The molecule has 0 amide bonds. The highest BCUT2D eigenvalue weighted by atomic mass is 16.5. The number of nitrogens with one attached hydrogen (secondary N) is 2. The molecule has 1 unspecified atom stereocenters. The van der Waals surface area contributed by atoms with Crippen LogP contribution < -0.4 is 11.1 Å². The summed E-state index contributed by atoms with van der Waals surface area (Å²) < 4.78 is 4.98. The Morgan fingerprint density at radius 3 is 2.10 bits per heavy atom. The van der Waals surface area contributed by atoms with E-state index in [9.17, 15) is 0 Å². The molecular weight excluding hydrogens is 128 g/mol. The predicted molar refractivity (Wildman–Crippen MR) is 41.6 cm³/mol. The minimum Gasteiger partial charge on any atom is -0.365 e. The molecule has 0 saturated heterocycles. The lowest BCUT2D eigenvalue weighted by Gasteiger charge is -2.26. The third kappa shape index (κ3) is 4.73. The van der Waals surface area contributed by atoms with Crippen molar-refractivity contribution in [3.63, 3.8) is 0 Å². The fraction of sp³-hybridized carbons (Fsp3) is 1.00. The first kappa shape index (κ1) is 9.88. The zero-order chi connectivity index (χ0) is 8.20. The van der Waals surface area contributed by atoms with Crippen LogP contribution in [0.1, 0.15) is 20.8 Å². The molecule has 1 atom stereocenters. The van der Waals surface area contributed by atoms with Gasteiger partial charge in [-0.3, -0.25) is 11.1 Å². The van der Waals surface area contributed by atoms with Gasteiger partial charge in [0.25, 0.3) is 0 Å². The van der Waals surface area contributed by atoms with E-state index >= 15 is 0 Å². The van der Waals surface area contributed by atoms with Crippen LogP contribution in [0.3, 0.4) is 0 Å². The van der Waals surface area contributed by atoms with Gasteiger partial charge in [-0.1, -0.05) is 0 Å². The molecule has 0 spiro atoms. The number of methoxy groups -OCH3 is 1. The van der Waals surface area contributed by atoms with Crippen molar-refractivity contribution in [2.75, 3.05) is 13.7 Å². The van der Waals surface area contributed by atoms with Crippen LogP contribution >= 0.6 is 0 Å². The molecule has 0 aliphatic rings. The fourth-order valence-electron chi connectivity index (χ4n) is 0.676. The first-order valence-electron chi connectivity index (χ1n) is 3.44. The zero-order valence-corrected chi connectivity index (χ0v) is 7.19. The highest BCUT2D eigenvalue weighted by Gasteiger charge is 2.14. The van der Waals surface area contributed by atoms with Crippen LogP contribution in [-0.2, 0) is 4.74 Å². The summed E-state index contributed by atoms with van der Waals surface area (Å²) in [7, 11) is 1.61. The van der Waals surface area contributed by atoms with Crippen molar-refractivity contribution < 1.29 is 4.74 Å². The summed E-state index contributed by atoms with van der Waals surface area (Å²) in [5, 5.41) is 3.15. The molecule has 10 heavy (non-hydrogen) atoms. The molecule has 0 aliphatic heterocycles. The SMILES string of the molecule is COC(C[NH])NC(C)(C)C.